The molecule has 2 atom stereocenters. The van der Waals surface area contributed by atoms with Crippen molar-refractivity contribution in [2.45, 2.75) is 70.5 Å². The van der Waals surface area contributed by atoms with E-state index >= 15 is 0 Å². The van der Waals surface area contributed by atoms with Crippen LogP contribution in [0, 0.1) is 6.92 Å². The van der Waals surface area contributed by atoms with Gasteiger partial charge in [-0.15, -0.1) is 0 Å². The number of anilines is 2. The van der Waals surface area contributed by atoms with Crippen LogP contribution in [-0.2, 0) is 4.79 Å². The van der Waals surface area contributed by atoms with Gasteiger partial charge in [0.05, 0.1) is 17.8 Å². The van der Waals surface area contributed by atoms with Crippen LogP contribution in [0.15, 0.2) is 61.1 Å². The molecule has 7 heteroatoms. The zero-order valence-electron chi connectivity index (χ0n) is 20.4. The molecule has 1 saturated carbocycles. The SMILES string of the molecule is CCC(=O)Nc1ccc(N2C(=S)N[C@H](c3ccccn3)[C@H]2c2ccn(C3CCCCC3)c2)cc1C. The smallest absolute Gasteiger partial charge is 0.224 e. The summed E-state index contributed by atoms with van der Waals surface area (Å²) in [5, 5.41) is 7.22. The van der Waals surface area contributed by atoms with E-state index in [9.17, 15) is 4.79 Å². The third-order valence-electron chi connectivity index (χ3n) is 7.26. The van der Waals surface area contributed by atoms with Gasteiger partial charge in [0.15, 0.2) is 5.11 Å². The normalized spacial score (nSPS) is 20.6. The van der Waals surface area contributed by atoms with Gasteiger partial charge in [-0.25, -0.2) is 0 Å². The molecule has 2 N–H and O–H groups in total. The molecule has 1 aromatic carbocycles. The molecule has 35 heavy (non-hydrogen) atoms. The van der Waals surface area contributed by atoms with E-state index in [-0.39, 0.29) is 18.0 Å². The van der Waals surface area contributed by atoms with E-state index in [0.717, 1.165) is 22.6 Å². The van der Waals surface area contributed by atoms with Crippen molar-refractivity contribution in [1.82, 2.24) is 14.9 Å². The summed E-state index contributed by atoms with van der Waals surface area (Å²) in [4.78, 5) is 18.8. The van der Waals surface area contributed by atoms with E-state index in [4.69, 9.17) is 12.2 Å². The minimum Gasteiger partial charge on any atom is -0.351 e. The second-order valence-electron chi connectivity index (χ2n) is 9.58. The minimum absolute atomic E-state index is 0.0105. The highest BCUT2D eigenvalue weighted by atomic mass is 32.1. The molecule has 2 aliphatic rings. The van der Waals surface area contributed by atoms with Gasteiger partial charge in [0.25, 0.3) is 0 Å². The van der Waals surface area contributed by atoms with Crippen LogP contribution >= 0.6 is 12.2 Å². The van der Waals surface area contributed by atoms with Crippen molar-refractivity contribution < 1.29 is 4.79 Å². The van der Waals surface area contributed by atoms with Crippen molar-refractivity contribution in [3.8, 4) is 0 Å². The molecule has 6 nitrogen and oxygen atoms in total. The molecule has 182 valence electrons. The first-order chi connectivity index (χ1) is 17.0. The van der Waals surface area contributed by atoms with Gasteiger partial charge >= 0.3 is 0 Å². The van der Waals surface area contributed by atoms with Crippen LogP contribution in [0.25, 0.3) is 0 Å². The summed E-state index contributed by atoms with van der Waals surface area (Å²) in [7, 11) is 0. The molecule has 3 aromatic rings. The molecule has 2 fully saturated rings. The lowest BCUT2D eigenvalue weighted by Gasteiger charge is -2.28. The number of nitrogens with one attached hydrogen (secondary N) is 2. The van der Waals surface area contributed by atoms with Crippen molar-refractivity contribution >= 4 is 34.6 Å². The Bertz CT molecular complexity index is 1200. The van der Waals surface area contributed by atoms with Crippen LogP contribution in [0.3, 0.4) is 0 Å². The van der Waals surface area contributed by atoms with Crippen molar-refractivity contribution in [1.29, 1.82) is 0 Å². The Kier molecular flexibility index (Phi) is 6.86. The summed E-state index contributed by atoms with van der Waals surface area (Å²) in [5.74, 6) is 0.0105. The zero-order valence-corrected chi connectivity index (χ0v) is 21.2. The summed E-state index contributed by atoms with van der Waals surface area (Å²) in [6, 6.07) is 14.9. The number of nitrogens with zero attached hydrogens (tertiary/aromatic N) is 3. The van der Waals surface area contributed by atoms with E-state index in [1.165, 1.54) is 37.7 Å². The maximum Gasteiger partial charge on any atom is 0.224 e. The lowest BCUT2D eigenvalue weighted by Crippen LogP contribution is -2.29. The predicted molar refractivity (Wildman–Crippen MR) is 145 cm³/mol. The fourth-order valence-electron chi connectivity index (χ4n) is 5.36. The Hall–Kier alpha value is -3.19. The van der Waals surface area contributed by atoms with Crippen molar-refractivity contribution in [3.63, 3.8) is 0 Å². The quantitative estimate of drug-likeness (QED) is 0.404. The van der Waals surface area contributed by atoms with Crippen molar-refractivity contribution in [3.05, 3.63) is 77.9 Å². The van der Waals surface area contributed by atoms with Gasteiger partial charge in [-0.05, 0) is 79.5 Å². The average Bonchev–Trinajstić information content (AvgIpc) is 3.51. The lowest BCUT2D eigenvalue weighted by atomic mass is 9.95. The summed E-state index contributed by atoms with van der Waals surface area (Å²) in [5.41, 5.74) is 5.03. The monoisotopic (exact) mass is 487 g/mol. The van der Waals surface area contributed by atoms with Crippen LogP contribution in [0.1, 0.15) is 80.4 Å². The number of carbonyl (C=O) groups is 1. The van der Waals surface area contributed by atoms with E-state index in [0.29, 0.717) is 17.6 Å². The van der Waals surface area contributed by atoms with Gasteiger partial charge in [0.2, 0.25) is 5.91 Å². The lowest BCUT2D eigenvalue weighted by molar-refractivity contribution is -0.115. The highest BCUT2D eigenvalue weighted by Gasteiger charge is 2.41. The van der Waals surface area contributed by atoms with Gasteiger partial charge in [-0.1, -0.05) is 32.3 Å². The summed E-state index contributed by atoms with van der Waals surface area (Å²) in [6.45, 7) is 3.88. The molecule has 2 aromatic heterocycles. The summed E-state index contributed by atoms with van der Waals surface area (Å²) < 4.78 is 2.40. The molecule has 3 heterocycles. The van der Waals surface area contributed by atoms with E-state index < -0.39 is 0 Å². The van der Waals surface area contributed by atoms with E-state index in [1.807, 2.05) is 44.3 Å². The van der Waals surface area contributed by atoms with Crippen molar-refractivity contribution in [2.75, 3.05) is 10.2 Å². The van der Waals surface area contributed by atoms with Gasteiger partial charge < -0.3 is 20.1 Å². The molecule has 0 spiro atoms. The first kappa shape index (κ1) is 23.5. The van der Waals surface area contributed by atoms with Gasteiger partial charge in [0, 0.05) is 42.4 Å². The highest BCUT2D eigenvalue weighted by molar-refractivity contribution is 7.80. The topological polar surface area (TPSA) is 62.2 Å². The highest BCUT2D eigenvalue weighted by Crippen LogP contribution is 2.43. The molecule has 0 radical (unpaired) electrons. The average molecular weight is 488 g/mol. The first-order valence-corrected chi connectivity index (χ1v) is 13.0. The number of rotatable bonds is 6. The predicted octanol–water partition coefficient (Wildman–Crippen LogP) is 6.22. The van der Waals surface area contributed by atoms with Crippen molar-refractivity contribution in [2.24, 2.45) is 0 Å². The van der Waals surface area contributed by atoms with Crippen LogP contribution in [-0.4, -0.2) is 20.6 Å². The second kappa shape index (κ2) is 10.2. The number of hydrogen-bond donors (Lipinski definition) is 2. The maximum absolute atomic E-state index is 11.9. The fourth-order valence-corrected chi connectivity index (χ4v) is 5.71. The number of benzene rings is 1. The molecule has 1 aliphatic heterocycles. The third-order valence-corrected chi connectivity index (χ3v) is 7.57. The molecule has 0 bridgehead atoms. The Morgan fingerprint density at radius 2 is 2.00 bits per heavy atom. The number of aromatic nitrogens is 2. The zero-order chi connectivity index (χ0) is 24.4. The van der Waals surface area contributed by atoms with Crippen LogP contribution in [0.4, 0.5) is 11.4 Å². The Labute approximate surface area is 212 Å². The first-order valence-electron chi connectivity index (χ1n) is 12.6. The number of hydrogen-bond acceptors (Lipinski definition) is 3. The van der Waals surface area contributed by atoms with Gasteiger partial charge in [-0.2, -0.15) is 0 Å². The molecular formula is C28H33N5OS. The number of thiocarbonyl (C=S) groups is 1. The van der Waals surface area contributed by atoms with Gasteiger partial charge in [0.1, 0.15) is 0 Å². The Morgan fingerprint density at radius 1 is 1.17 bits per heavy atom. The summed E-state index contributed by atoms with van der Waals surface area (Å²) in [6.07, 6.45) is 13.3. The Morgan fingerprint density at radius 3 is 2.71 bits per heavy atom. The maximum atomic E-state index is 11.9. The number of carbonyl (C=O) groups excluding carboxylic acids is 1. The minimum atomic E-state index is -0.0642. The van der Waals surface area contributed by atoms with Crippen LogP contribution in [0.5, 0.6) is 0 Å². The van der Waals surface area contributed by atoms with Crippen LogP contribution in [0.2, 0.25) is 0 Å². The van der Waals surface area contributed by atoms with Crippen LogP contribution < -0.4 is 15.5 Å². The van der Waals surface area contributed by atoms with E-state index in [2.05, 4.69) is 55.7 Å². The molecule has 5 rings (SSSR count). The Balaban J connectivity index is 1.52. The molecule has 1 saturated heterocycles. The molecule has 1 amide bonds. The standard InChI is InChI=1S/C28H33N5OS/c1-3-25(34)30-23-13-12-22(17-19(23)2)33-27(26(31-28(33)35)24-11-7-8-15-29-24)20-14-16-32(18-20)21-9-5-4-6-10-21/h7-8,11-18,21,26-27H,3-6,9-10H2,1-2H3,(H,30,34)(H,31,35)/t26-,27-/m1/s1. The second-order valence-corrected chi connectivity index (χ2v) is 9.97. The third kappa shape index (κ3) is 4.82. The fraction of sp³-hybridized carbons (Fsp3) is 0.393. The summed E-state index contributed by atoms with van der Waals surface area (Å²) >= 11 is 5.88. The largest absolute Gasteiger partial charge is 0.351 e. The molecular weight excluding hydrogens is 454 g/mol. The van der Waals surface area contributed by atoms with Gasteiger partial charge in [-0.3, -0.25) is 9.78 Å². The van der Waals surface area contributed by atoms with E-state index in [1.54, 1.807) is 0 Å². The number of pyridine rings is 1. The molecule has 0 unspecified atom stereocenters. The number of aryl methyl sites for hydroxylation is 1. The number of amides is 1. The molecule has 1 aliphatic carbocycles.